The summed E-state index contributed by atoms with van der Waals surface area (Å²) in [5.41, 5.74) is 0.649. The SMILES string of the molecule is C=C(C)CCC(C)C(C)(C)O. The van der Waals surface area contributed by atoms with Gasteiger partial charge in [-0.3, -0.25) is 0 Å². The minimum atomic E-state index is -0.546. The second-order valence-electron chi connectivity index (χ2n) is 4.05. The van der Waals surface area contributed by atoms with Crippen LogP contribution in [0.5, 0.6) is 0 Å². The van der Waals surface area contributed by atoms with E-state index in [0.717, 1.165) is 12.8 Å². The van der Waals surface area contributed by atoms with Crippen molar-refractivity contribution in [3.8, 4) is 0 Å². The van der Waals surface area contributed by atoms with E-state index in [1.807, 2.05) is 20.8 Å². The van der Waals surface area contributed by atoms with Crippen LogP contribution in [0.3, 0.4) is 0 Å². The van der Waals surface area contributed by atoms with E-state index >= 15 is 0 Å². The largest absolute Gasteiger partial charge is 0.390 e. The molecule has 0 bridgehead atoms. The Balaban J connectivity index is 3.70. The molecular weight excluding hydrogens is 136 g/mol. The van der Waals surface area contributed by atoms with Gasteiger partial charge in [0.05, 0.1) is 5.60 Å². The highest BCUT2D eigenvalue weighted by Gasteiger charge is 2.21. The van der Waals surface area contributed by atoms with E-state index in [0.29, 0.717) is 5.92 Å². The summed E-state index contributed by atoms with van der Waals surface area (Å²) in [5, 5.41) is 9.57. The van der Waals surface area contributed by atoms with Gasteiger partial charge in [-0.15, -0.1) is 6.58 Å². The number of allylic oxidation sites excluding steroid dienone is 1. The molecule has 11 heavy (non-hydrogen) atoms. The first kappa shape index (κ1) is 10.7. The van der Waals surface area contributed by atoms with Crippen LogP contribution in [0.2, 0.25) is 0 Å². The quantitative estimate of drug-likeness (QED) is 0.620. The normalized spacial score (nSPS) is 14.6. The number of rotatable bonds is 4. The highest BCUT2D eigenvalue weighted by atomic mass is 16.3. The highest BCUT2D eigenvalue weighted by molar-refractivity contribution is 4.89. The van der Waals surface area contributed by atoms with Gasteiger partial charge < -0.3 is 5.11 Å². The van der Waals surface area contributed by atoms with Gasteiger partial charge >= 0.3 is 0 Å². The molecule has 0 aliphatic heterocycles. The summed E-state index contributed by atoms with van der Waals surface area (Å²) in [6.07, 6.45) is 2.05. The third kappa shape index (κ3) is 5.02. The van der Waals surface area contributed by atoms with Crippen LogP contribution in [-0.4, -0.2) is 10.7 Å². The molecule has 0 aromatic carbocycles. The van der Waals surface area contributed by atoms with E-state index in [9.17, 15) is 5.11 Å². The smallest absolute Gasteiger partial charge is 0.0617 e. The van der Waals surface area contributed by atoms with Crippen molar-refractivity contribution < 1.29 is 5.11 Å². The van der Waals surface area contributed by atoms with Crippen LogP contribution in [-0.2, 0) is 0 Å². The summed E-state index contributed by atoms with van der Waals surface area (Å²) in [4.78, 5) is 0. The third-order valence-electron chi connectivity index (χ3n) is 2.21. The van der Waals surface area contributed by atoms with Gasteiger partial charge in [0.25, 0.3) is 0 Å². The minimum absolute atomic E-state index is 0.346. The van der Waals surface area contributed by atoms with Crippen molar-refractivity contribution in [1.29, 1.82) is 0 Å². The molecule has 0 amide bonds. The molecule has 0 saturated carbocycles. The maximum absolute atomic E-state index is 9.57. The summed E-state index contributed by atoms with van der Waals surface area (Å²) in [5.74, 6) is 0.346. The maximum Gasteiger partial charge on any atom is 0.0617 e. The Kier molecular flexibility index (Phi) is 3.81. The van der Waals surface area contributed by atoms with E-state index in [4.69, 9.17) is 0 Å². The van der Waals surface area contributed by atoms with Gasteiger partial charge in [-0.25, -0.2) is 0 Å². The molecule has 0 fully saturated rings. The predicted octanol–water partition coefficient (Wildman–Crippen LogP) is 2.75. The second-order valence-corrected chi connectivity index (χ2v) is 4.05. The Morgan fingerprint density at radius 1 is 1.55 bits per heavy atom. The summed E-state index contributed by atoms with van der Waals surface area (Å²) in [6, 6.07) is 0. The van der Waals surface area contributed by atoms with Gasteiger partial charge in [0.15, 0.2) is 0 Å². The molecule has 1 unspecified atom stereocenters. The number of hydrogen-bond acceptors (Lipinski definition) is 1. The Labute approximate surface area is 70.1 Å². The summed E-state index contributed by atoms with van der Waals surface area (Å²) < 4.78 is 0. The molecular formula is C10H20O. The Morgan fingerprint density at radius 2 is 2.00 bits per heavy atom. The van der Waals surface area contributed by atoms with Gasteiger partial charge in [0, 0.05) is 0 Å². The molecule has 1 N–H and O–H groups in total. The van der Waals surface area contributed by atoms with Crippen molar-refractivity contribution in [3.63, 3.8) is 0 Å². The van der Waals surface area contributed by atoms with Gasteiger partial charge in [0.2, 0.25) is 0 Å². The van der Waals surface area contributed by atoms with Gasteiger partial charge in [0.1, 0.15) is 0 Å². The zero-order chi connectivity index (χ0) is 9.07. The van der Waals surface area contributed by atoms with Gasteiger partial charge in [-0.1, -0.05) is 12.5 Å². The van der Waals surface area contributed by atoms with E-state index in [2.05, 4.69) is 13.5 Å². The first-order valence-corrected chi connectivity index (χ1v) is 4.20. The van der Waals surface area contributed by atoms with Crippen LogP contribution in [0.4, 0.5) is 0 Å². The lowest BCUT2D eigenvalue weighted by Crippen LogP contribution is -2.28. The monoisotopic (exact) mass is 156 g/mol. The first-order chi connectivity index (χ1) is 4.84. The zero-order valence-corrected chi connectivity index (χ0v) is 8.15. The lowest BCUT2D eigenvalue weighted by Gasteiger charge is -2.25. The van der Waals surface area contributed by atoms with Crippen LogP contribution in [0.15, 0.2) is 12.2 Å². The zero-order valence-electron chi connectivity index (χ0n) is 8.15. The van der Waals surface area contributed by atoms with Crippen molar-refractivity contribution >= 4 is 0 Å². The van der Waals surface area contributed by atoms with Crippen LogP contribution in [0, 0.1) is 5.92 Å². The topological polar surface area (TPSA) is 20.2 Å². The van der Waals surface area contributed by atoms with Gasteiger partial charge in [-0.2, -0.15) is 0 Å². The fourth-order valence-corrected chi connectivity index (χ4v) is 0.816. The van der Waals surface area contributed by atoms with Crippen LogP contribution in [0.25, 0.3) is 0 Å². The molecule has 0 aromatic heterocycles. The fraction of sp³-hybridized carbons (Fsp3) is 0.800. The van der Waals surface area contributed by atoms with Crippen molar-refractivity contribution in [1.82, 2.24) is 0 Å². The van der Waals surface area contributed by atoms with Crippen molar-refractivity contribution in [2.24, 2.45) is 5.92 Å². The summed E-state index contributed by atoms with van der Waals surface area (Å²) in [6.45, 7) is 11.6. The van der Waals surface area contributed by atoms with Crippen LogP contribution in [0.1, 0.15) is 40.5 Å². The Hall–Kier alpha value is -0.300. The van der Waals surface area contributed by atoms with Gasteiger partial charge in [-0.05, 0) is 39.5 Å². The predicted molar refractivity (Wildman–Crippen MR) is 49.5 cm³/mol. The molecule has 0 heterocycles. The molecule has 0 aliphatic rings. The summed E-state index contributed by atoms with van der Waals surface area (Å²) in [7, 11) is 0. The fourth-order valence-electron chi connectivity index (χ4n) is 0.816. The van der Waals surface area contributed by atoms with Crippen molar-refractivity contribution in [3.05, 3.63) is 12.2 Å². The Bertz CT molecular complexity index is 130. The molecule has 0 aromatic rings. The molecule has 0 aliphatic carbocycles. The van der Waals surface area contributed by atoms with Crippen LogP contribution >= 0.6 is 0 Å². The molecule has 66 valence electrons. The lowest BCUT2D eigenvalue weighted by atomic mass is 9.88. The average Bonchev–Trinajstić information content (AvgIpc) is 1.80. The average molecular weight is 156 g/mol. The molecule has 0 rings (SSSR count). The van der Waals surface area contributed by atoms with E-state index in [1.54, 1.807) is 0 Å². The molecule has 0 radical (unpaired) electrons. The second kappa shape index (κ2) is 3.91. The standard InChI is InChI=1S/C10H20O/c1-8(2)6-7-9(3)10(4,5)11/h9,11H,1,6-7H2,2-5H3. The van der Waals surface area contributed by atoms with E-state index in [1.165, 1.54) is 5.57 Å². The maximum atomic E-state index is 9.57. The molecule has 1 atom stereocenters. The van der Waals surface area contributed by atoms with Crippen molar-refractivity contribution in [2.75, 3.05) is 0 Å². The molecule has 1 heteroatoms. The molecule has 1 nitrogen and oxygen atoms in total. The van der Waals surface area contributed by atoms with Crippen LogP contribution < -0.4 is 0 Å². The molecule has 0 saturated heterocycles. The summed E-state index contributed by atoms with van der Waals surface area (Å²) >= 11 is 0. The Morgan fingerprint density at radius 3 is 2.27 bits per heavy atom. The molecule has 0 spiro atoms. The highest BCUT2D eigenvalue weighted by Crippen LogP contribution is 2.21. The van der Waals surface area contributed by atoms with Crippen molar-refractivity contribution in [2.45, 2.75) is 46.1 Å². The number of hydrogen-bond donors (Lipinski definition) is 1. The third-order valence-corrected chi connectivity index (χ3v) is 2.21. The van der Waals surface area contributed by atoms with E-state index < -0.39 is 5.60 Å². The lowest BCUT2D eigenvalue weighted by molar-refractivity contribution is 0.0216. The first-order valence-electron chi connectivity index (χ1n) is 4.20. The van der Waals surface area contributed by atoms with E-state index in [-0.39, 0.29) is 0 Å². The minimum Gasteiger partial charge on any atom is -0.390 e. The number of aliphatic hydroxyl groups is 1.